The monoisotopic (exact) mass is 441 g/mol. The van der Waals surface area contributed by atoms with E-state index in [0.717, 1.165) is 22.4 Å². The molecule has 0 aliphatic carbocycles. The highest BCUT2D eigenvalue weighted by Gasteiger charge is 2.22. The Morgan fingerprint density at radius 1 is 1.10 bits per heavy atom. The maximum absolute atomic E-state index is 14.4. The van der Waals surface area contributed by atoms with Gasteiger partial charge in [0.25, 0.3) is 0 Å². The molecule has 8 nitrogen and oxygen atoms in total. The van der Waals surface area contributed by atoms with Gasteiger partial charge >= 0.3 is 0 Å². The van der Waals surface area contributed by atoms with Gasteiger partial charge in [-0.2, -0.15) is 4.68 Å². The molecule has 0 fully saturated rings. The van der Waals surface area contributed by atoms with Crippen molar-refractivity contribution < 1.29 is 13.6 Å². The van der Waals surface area contributed by atoms with E-state index in [9.17, 15) is 13.6 Å². The fourth-order valence-corrected chi connectivity index (χ4v) is 3.21. The summed E-state index contributed by atoms with van der Waals surface area (Å²) in [5.74, 6) is -1.69. The Kier molecular flexibility index (Phi) is 5.30. The van der Waals surface area contributed by atoms with Crippen molar-refractivity contribution >= 4 is 29.0 Å². The molecular formula is C20H14ClF2N7O. The van der Waals surface area contributed by atoms with Crippen LogP contribution in [0, 0.1) is 11.6 Å². The largest absolute Gasteiger partial charge is 0.383 e. The summed E-state index contributed by atoms with van der Waals surface area (Å²) >= 11 is 5.96. The number of carbonyl (C=O) groups is 1. The van der Waals surface area contributed by atoms with Gasteiger partial charge < -0.3 is 11.1 Å². The van der Waals surface area contributed by atoms with E-state index in [1.165, 1.54) is 6.92 Å². The summed E-state index contributed by atoms with van der Waals surface area (Å²) in [4.78, 5) is 15.4. The van der Waals surface area contributed by atoms with E-state index in [2.05, 4.69) is 25.8 Å². The predicted molar refractivity (Wildman–Crippen MR) is 111 cm³/mol. The van der Waals surface area contributed by atoms with E-state index in [-0.39, 0.29) is 23.2 Å². The van der Waals surface area contributed by atoms with Crippen molar-refractivity contribution in [3.05, 3.63) is 65.3 Å². The fourth-order valence-electron chi connectivity index (χ4n) is 2.98. The first-order valence-corrected chi connectivity index (χ1v) is 9.29. The number of halogens is 3. The highest BCUT2D eigenvalue weighted by molar-refractivity contribution is 6.32. The molecule has 4 aromatic rings. The Morgan fingerprint density at radius 3 is 2.52 bits per heavy atom. The van der Waals surface area contributed by atoms with Gasteiger partial charge in [-0.05, 0) is 46.3 Å². The molecule has 0 bridgehead atoms. The number of nitrogens with one attached hydrogen (secondary N) is 1. The molecule has 2 aromatic carbocycles. The fraction of sp³-hybridized carbons (Fsp3) is 0.0500. The molecular weight excluding hydrogens is 428 g/mol. The standard InChI is InChI=1S/C20H14ClF2N7O/c1-10(31)26-13-4-2-11(3-5-13)12-8-14(19(24)25-9-12)20-27-28-29-30(20)18-16(23)7-6-15(22)17(18)21/h2-9H,1H3,(H2,24,25)(H,26,31). The number of tetrazole rings is 1. The van der Waals surface area contributed by atoms with Gasteiger partial charge in [0.05, 0.1) is 5.56 Å². The lowest BCUT2D eigenvalue weighted by molar-refractivity contribution is -0.114. The van der Waals surface area contributed by atoms with E-state index in [0.29, 0.717) is 16.8 Å². The molecule has 0 saturated heterocycles. The van der Waals surface area contributed by atoms with Gasteiger partial charge in [0.1, 0.15) is 22.3 Å². The first-order chi connectivity index (χ1) is 14.8. The lowest BCUT2D eigenvalue weighted by Crippen LogP contribution is -2.07. The molecule has 31 heavy (non-hydrogen) atoms. The zero-order valence-corrected chi connectivity index (χ0v) is 16.7. The zero-order chi connectivity index (χ0) is 22.1. The van der Waals surface area contributed by atoms with Crippen molar-refractivity contribution in [2.45, 2.75) is 6.92 Å². The number of carbonyl (C=O) groups excluding carboxylic acids is 1. The number of nitrogens with two attached hydrogens (primary N) is 1. The number of anilines is 2. The second kappa shape index (κ2) is 8.07. The summed E-state index contributed by atoms with van der Waals surface area (Å²) in [6.45, 7) is 1.42. The Balaban J connectivity index is 1.79. The molecule has 1 amide bonds. The SMILES string of the molecule is CC(=O)Nc1ccc(-c2cnc(N)c(-c3nnnn3-c3c(F)ccc(F)c3Cl)c2)cc1. The molecule has 0 spiro atoms. The number of aromatic nitrogens is 5. The molecule has 0 saturated carbocycles. The Morgan fingerprint density at radius 2 is 1.81 bits per heavy atom. The third-order valence-corrected chi connectivity index (χ3v) is 4.76. The highest BCUT2D eigenvalue weighted by atomic mass is 35.5. The number of hydrogen-bond acceptors (Lipinski definition) is 6. The number of nitrogen functional groups attached to an aromatic ring is 1. The summed E-state index contributed by atoms with van der Waals surface area (Å²) in [6.07, 6.45) is 1.55. The molecule has 4 rings (SSSR count). The van der Waals surface area contributed by atoms with Crippen molar-refractivity contribution in [3.63, 3.8) is 0 Å². The van der Waals surface area contributed by atoms with Gasteiger partial charge in [-0.15, -0.1) is 5.10 Å². The van der Waals surface area contributed by atoms with Gasteiger partial charge in [-0.3, -0.25) is 4.79 Å². The highest BCUT2D eigenvalue weighted by Crippen LogP contribution is 2.33. The number of hydrogen-bond donors (Lipinski definition) is 2. The van der Waals surface area contributed by atoms with Gasteiger partial charge in [0, 0.05) is 24.4 Å². The second-order valence-electron chi connectivity index (χ2n) is 6.52. The van der Waals surface area contributed by atoms with Crippen LogP contribution in [0.3, 0.4) is 0 Å². The zero-order valence-electron chi connectivity index (χ0n) is 16.0. The van der Waals surface area contributed by atoms with Crippen LogP contribution in [0.1, 0.15) is 6.92 Å². The maximum Gasteiger partial charge on any atom is 0.221 e. The van der Waals surface area contributed by atoms with Crippen LogP contribution in [0.2, 0.25) is 5.02 Å². The van der Waals surface area contributed by atoms with Crippen molar-refractivity contribution in [2.24, 2.45) is 0 Å². The smallest absolute Gasteiger partial charge is 0.221 e. The molecule has 156 valence electrons. The summed E-state index contributed by atoms with van der Waals surface area (Å²) < 4.78 is 29.3. The van der Waals surface area contributed by atoms with E-state index in [4.69, 9.17) is 17.3 Å². The van der Waals surface area contributed by atoms with Crippen LogP contribution in [-0.4, -0.2) is 31.1 Å². The molecule has 3 N–H and O–H groups in total. The first kappa shape index (κ1) is 20.4. The van der Waals surface area contributed by atoms with Crippen molar-refractivity contribution in [3.8, 4) is 28.2 Å². The van der Waals surface area contributed by atoms with Crippen LogP contribution in [-0.2, 0) is 4.79 Å². The average molecular weight is 442 g/mol. The quantitative estimate of drug-likeness (QED) is 0.465. The Hall–Kier alpha value is -3.92. The lowest BCUT2D eigenvalue weighted by Gasteiger charge is -2.11. The normalized spacial score (nSPS) is 10.8. The maximum atomic E-state index is 14.4. The van der Waals surface area contributed by atoms with Crippen LogP contribution >= 0.6 is 11.6 Å². The molecule has 0 atom stereocenters. The van der Waals surface area contributed by atoms with Gasteiger partial charge in [-0.25, -0.2) is 13.8 Å². The van der Waals surface area contributed by atoms with Crippen LogP contribution in [0.4, 0.5) is 20.3 Å². The molecule has 2 heterocycles. The molecule has 11 heteroatoms. The Bertz CT molecular complexity index is 1290. The molecule has 0 unspecified atom stereocenters. The number of pyridine rings is 1. The van der Waals surface area contributed by atoms with Crippen LogP contribution in [0.5, 0.6) is 0 Å². The summed E-state index contributed by atoms with van der Waals surface area (Å²) in [5.41, 5.74) is 8.06. The third-order valence-electron chi connectivity index (χ3n) is 4.40. The number of benzene rings is 2. The molecule has 2 aromatic heterocycles. The molecule has 0 aliphatic rings. The topological polar surface area (TPSA) is 112 Å². The van der Waals surface area contributed by atoms with Crippen LogP contribution < -0.4 is 11.1 Å². The summed E-state index contributed by atoms with van der Waals surface area (Å²) in [7, 11) is 0. The van der Waals surface area contributed by atoms with E-state index in [1.807, 2.05) is 0 Å². The molecule has 0 radical (unpaired) electrons. The third kappa shape index (κ3) is 3.92. The van der Waals surface area contributed by atoms with Crippen LogP contribution in [0.15, 0.2) is 48.7 Å². The van der Waals surface area contributed by atoms with E-state index in [1.54, 1.807) is 36.5 Å². The minimum absolute atomic E-state index is 0.0353. The number of nitrogens with zero attached hydrogens (tertiary/aromatic N) is 5. The Labute approximate surface area is 179 Å². The van der Waals surface area contributed by atoms with Gasteiger partial charge in [0.2, 0.25) is 5.91 Å². The van der Waals surface area contributed by atoms with Crippen LogP contribution in [0.25, 0.3) is 28.2 Å². The molecule has 0 aliphatic heterocycles. The van der Waals surface area contributed by atoms with Gasteiger partial charge in [-0.1, -0.05) is 23.7 Å². The van der Waals surface area contributed by atoms with Crippen molar-refractivity contribution in [1.29, 1.82) is 0 Å². The first-order valence-electron chi connectivity index (χ1n) is 8.91. The van der Waals surface area contributed by atoms with E-state index >= 15 is 0 Å². The number of amides is 1. The van der Waals surface area contributed by atoms with E-state index < -0.39 is 16.7 Å². The minimum Gasteiger partial charge on any atom is -0.383 e. The number of rotatable bonds is 4. The van der Waals surface area contributed by atoms with Crippen molar-refractivity contribution in [1.82, 2.24) is 25.2 Å². The lowest BCUT2D eigenvalue weighted by atomic mass is 10.0. The summed E-state index contributed by atoms with van der Waals surface area (Å²) in [5, 5.41) is 13.4. The second-order valence-corrected chi connectivity index (χ2v) is 6.90. The average Bonchev–Trinajstić information content (AvgIpc) is 3.21. The van der Waals surface area contributed by atoms with Gasteiger partial charge in [0.15, 0.2) is 11.6 Å². The van der Waals surface area contributed by atoms with Crippen molar-refractivity contribution in [2.75, 3.05) is 11.1 Å². The minimum atomic E-state index is -0.821. The predicted octanol–water partition coefficient (Wildman–Crippen LogP) is 3.86. The summed E-state index contributed by atoms with van der Waals surface area (Å²) in [6, 6.07) is 10.5.